The van der Waals surface area contributed by atoms with Gasteiger partial charge < -0.3 is 43.1 Å². The van der Waals surface area contributed by atoms with Crippen molar-refractivity contribution in [2.24, 2.45) is 5.89 Å². The number of nitrogens with zero attached hydrogens (tertiary/aromatic N) is 12. The van der Waals surface area contributed by atoms with Crippen LogP contribution in [-0.4, -0.2) is 154 Å². The van der Waals surface area contributed by atoms with Gasteiger partial charge in [0.2, 0.25) is 17.7 Å². The summed E-state index contributed by atoms with van der Waals surface area (Å²) < 4.78 is 684. The van der Waals surface area contributed by atoms with Crippen LogP contribution in [-0.2, 0) is 121 Å². The Morgan fingerprint density at radius 2 is 0.799 bits per heavy atom. The number of hydrogen-bond acceptors (Lipinski definition) is 15. The van der Waals surface area contributed by atoms with E-state index in [0.717, 1.165) is 74.5 Å². The van der Waals surface area contributed by atoms with Gasteiger partial charge in [0.1, 0.15) is 36.9 Å². The maximum absolute atomic E-state index is 15.5. The van der Waals surface area contributed by atoms with Crippen molar-refractivity contribution in [1.82, 2.24) is 58.1 Å². The lowest BCUT2D eigenvalue weighted by Gasteiger charge is -2.33. The number of thioether (sulfide) groups is 3. The number of amides is 3. The lowest BCUT2D eigenvalue weighted by atomic mass is 9.98. The van der Waals surface area contributed by atoms with Gasteiger partial charge >= 0.3 is 18.5 Å². The Bertz CT molecular complexity index is 9720. The molecule has 15 rings (SSSR count). The molecule has 3 aliphatic carbocycles. The van der Waals surface area contributed by atoms with Crippen LogP contribution in [0.1, 0.15) is 245 Å². The third-order valence-electron chi connectivity index (χ3n) is 20.4. The molecule has 0 fully saturated rings. The SMILES string of the molecule is [2H]c1c([2H])c(C(F)(F)F)c([2H])c([2H])c1-c1c([2H])c([2H])c(C([2H])([2H])N(C(=O)C([2H])([2H])n2c(SCc3ccc(F)cc3)nc(=O)c3c2C([2H])([2H])C([2H])(C)C3([2H])[2H])C([2H])([2H])C([2H])([2H])N(C([2H])([2H])C)C([2H])([2H])C)c([2H])c1[2H].[2H]c1c([2H])c(C([2H])([2H])N(C(=O)C([2H])([2H])n2c(SCc3ccc(F)cc3)nc(=O)c3c2CCC3)C([2H])([2H])C([2H])([2H])N(C([2H])([2H])C)C([2H])([2H])C)c([2H])c([2H])c1-c1c([2H])c([2H])c(C(F)(F)F)c(C)c1[2H].[2H]c1c([2H])c(CSc2nc(=O)c3c(n2C([2H])([2H])C(=O)N(C([2H])(C)c2ccc(-c4ccc(C(F)(F)F)cc4)cc2)C([2H])([2H])C([2H])([2H])N(C([2H])([2H])C)C([2H])([2H])C)CCC3)c([2H])c([2H])c1F. The molecule has 0 radical (unpaired) electrons. The van der Waals surface area contributed by atoms with Gasteiger partial charge in [-0.3, -0.25) is 28.8 Å². The van der Waals surface area contributed by atoms with E-state index in [0.29, 0.717) is 86.7 Å². The minimum atomic E-state index is -5.52. The molecule has 3 amide bonds. The van der Waals surface area contributed by atoms with E-state index in [1.807, 2.05) is 0 Å². The maximum atomic E-state index is 15.5. The van der Waals surface area contributed by atoms with Crippen LogP contribution in [0.2, 0.25) is 0 Å². The zero-order chi connectivity index (χ0) is 156. The minimum absolute atomic E-state index is 0.00999. The van der Waals surface area contributed by atoms with Gasteiger partial charge in [-0.15, -0.1) is 0 Å². The van der Waals surface area contributed by atoms with E-state index in [1.165, 1.54) is 36.4 Å². The van der Waals surface area contributed by atoms with Crippen molar-refractivity contribution in [2.45, 2.75) is 203 Å². The van der Waals surface area contributed by atoms with Gasteiger partial charge in [-0.05, 0) is 249 Å². The van der Waals surface area contributed by atoms with Crippen LogP contribution >= 0.6 is 35.3 Å². The van der Waals surface area contributed by atoms with Gasteiger partial charge in [0.25, 0.3) is 16.7 Å². The number of aromatic nitrogens is 6. The summed E-state index contributed by atoms with van der Waals surface area (Å²) in [5, 5.41) is -2.32. The molecular weight excluding hydrogens is 1920 g/mol. The molecule has 0 saturated carbocycles. The smallest absolute Gasteiger partial charge is 0.336 e. The summed E-state index contributed by atoms with van der Waals surface area (Å²) in [5.74, 6) is -14.5. The van der Waals surface area contributed by atoms with Crippen LogP contribution in [0.5, 0.6) is 0 Å². The number of carbonyl (C=O) groups is 3. The van der Waals surface area contributed by atoms with Crippen molar-refractivity contribution >= 4 is 53.0 Å². The van der Waals surface area contributed by atoms with Crippen LogP contribution < -0.4 is 16.7 Å². The summed E-state index contributed by atoms with van der Waals surface area (Å²) >= 11 is 1.32. The minimum Gasteiger partial charge on any atom is -0.336 e. The van der Waals surface area contributed by atoms with E-state index in [2.05, 4.69) is 15.0 Å². The zero-order valence-electron chi connectivity index (χ0n) is 136. The first-order valence-electron chi connectivity index (χ1n) is 71.9. The Kier molecular flexibility index (Phi) is 19.2. The Hall–Kier alpha value is -11.9. The molecule has 0 bridgehead atoms. The first kappa shape index (κ1) is 55.1. The predicted octanol–water partition coefficient (Wildman–Crippen LogP) is 22.8. The first-order valence-corrected chi connectivity index (χ1v) is 45.3. The van der Waals surface area contributed by atoms with E-state index in [4.69, 9.17) is 57.6 Å². The number of rotatable bonds is 39. The Labute approximate surface area is 927 Å². The van der Waals surface area contributed by atoms with Gasteiger partial charge in [0, 0.05) is 135 Å². The topological polar surface area (TPSA) is 175 Å². The summed E-state index contributed by atoms with van der Waals surface area (Å²) in [6, 6.07) is -12.4. The normalized spacial score (nSPS) is 22.7. The van der Waals surface area contributed by atoms with Crippen molar-refractivity contribution in [2.75, 3.05) is 78.0 Å². The average molecular weight is 2100 g/mol. The van der Waals surface area contributed by atoms with Crippen LogP contribution in [0.15, 0.2) is 242 Å². The third-order valence-corrected chi connectivity index (χ3v) is 23.4. The number of carbonyl (C=O) groups excluding carboxylic acids is 3. The van der Waals surface area contributed by atoms with E-state index in [1.54, 1.807) is 0 Å². The third kappa shape index (κ3) is 29.1. The van der Waals surface area contributed by atoms with E-state index < -0.39 is 434 Å². The number of alkyl halides is 9. The van der Waals surface area contributed by atoms with Crippen molar-refractivity contribution in [1.29, 1.82) is 0 Å². The van der Waals surface area contributed by atoms with Crippen LogP contribution in [0.4, 0.5) is 52.7 Å². The zero-order valence-corrected chi connectivity index (χ0v) is 79.1. The fourth-order valence-corrected chi connectivity index (χ4v) is 16.0. The molecule has 762 valence electrons. The van der Waals surface area contributed by atoms with Crippen molar-refractivity contribution in [3.8, 4) is 33.4 Å². The van der Waals surface area contributed by atoms with Crippen molar-refractivity contribution in [3.05, 3.63) is 350 Å². The van der Waals surface area contributed by atoms with Crippen LogP contribution in [0.25, 0.3) is 33.4 Å². The Balaban J connectivity index is 0.000000245. The van der Waals surface area contributed by atoms with Gasteiger partial charge in [0.05, 0.1) is 72.1 Å². The lowest BCUT2D eigenvalue weighted by Crippen LogP contribution is -2.42. The molecule has 0 saturated heterocycles. The summed E-state index contributed by atoms with van der Waals surface area (Å²) in [6.45, 7) is -60.8. The van der Waals surface area contributed by atoms with Gasteiger partial charge in [-0.1, -0.05) is 229 Å². The molecule has 18 nitrogen and oxygen atoms in total. The molecule has 3 aromatic heterocycles. The maximum Gasteiger partial charge on any atom is 0.416 e. The highest BCUT2D eigenvalue weighted by atomic mass is 32.2. The van der Waals surface area contributed by atoms with Gasteiger partial charge in [-0.25, -0.2) is 13.2 Å². The largest absolute Gasteiger partial charge is 0.416 e. The number of halogens is 12. The summed E-state index contributed by atoms with van der Waals surface area (Å²) in [4.78, 5) is 94.7. The quantitative estimate of drug-likeness (QED) is 0.0202. The molecular formula is C111H120F12N12O6S3. The standard InChI is InChI=1S/3C37H40F4N4O2S/c1-4-43(5-2)18-19-44(22-26-6-10-28(11-7-26)29-12-14-30(15-13-29)37(39,40)41)34(46)23-45-33-21-25(3)20-32(33)35(47)42-36(45)48-24-27-8-16-31(38)17-9-27;1-4-43(5-2)21-22-44(25(3)27-11-13-28(14-12-27)29-15-17-30(18-16-29)37(39,40)41)34(46)23-45-33-8-6-7-32(33)35(47)42-36(45)48-24-26-9-19-31(38)20-10-26;1-4-43(5-2)19-20-44(22-26-9-13-28(14-10-26)29-15-18-32(25(3)21-29)37(39,40)41)34(46)23-45-33-8-6-7-31(33)35(47)42-36(45)48-24-27-11-16-30(38)17-12-27/h6-17,25H,4-5,18-24H2,1-3H3;9-20,25H,4-8,21-24H2,1-3H3;9-18,21H,4-8,19-20,22-24H2,1-3H3/i4D2,5D2,6D,7D,10D,11D,12D,13D,14D,15D,18D2,19D2,20D2,21D2,22D2,23D2,25D;4D2,5D2,9D,10D,19D,20D,21D2,22D2,23D2,25D;4D2,5D2,9D,10D,13D,14D,15D,18D,19D2,20D2,21D,22D2,23D2. The Morgan fingerprint density at radius 3 is 1.22 bits per heavy atom. The molecule has 12 aromatic rings. The number of hydrogen-bond donors (Lipinski definition) is 0. The highest BCUT2D eigenvalue weighted by Gasteiger charge is 2.36. The highest BCUT2D eigenvalue weighted by Crippen LogP contribution is 2.39. The number of likely N-dealkylation sites (N-methyl/N-ethyl adjacent to an activating group) is 3. The fraction of sp³-hybridized carbons (Fsp3) is 0.378. The van der Waals surface area contributed by atoms with Gasteiger partial charge in [-0.2, -0.15) is 54.5 Å². The van der Waals surface area contributed by atoms with E-state index >= 15 is 14.4 Å². The fourth-order valence-electron chi connectivity index (χ4n) is 13.3. The Morgan fingerprint density at radius 1 is 0.424 bits per heavy atom. The average Bonchev–Trinajstić information content (AvgIpc) is 1.51. The predicted molar refractivity (Wildman–Crippen MR) is 544 cm³/mol. The second-order valence-corrected chi connectivity index (χ2v) is 32.7. The molecule has 3 aliphatic rings. The summed E-state index contributed by atoms with van der Waals surface area (Å²) in [7, 11) is 0. The monoisotopic (exact) mass is 2100 g/mol. The highest BCUT2D eigenvalue weighted by molar-refractivity contribution is 7.98. The molecule has 3 heterocycles. The van der Waals surface area contributed by atoms with Crippen LogP contribution in [0.3, 0.4) is 0 Å². The molecule has 2 atom stereocenters. The van der Waals surface area contributed by atoms with E-state index in [-0.39, 0.29) is 120 Å². The lowest BCUT2D eigenvalue weighted by molar-refractivity contribution is -0.138. The summed E-state index contributed by atoms with van der Waals surface area (Å²) in [5.41, 5.74) is -20.5. The number of fused-ring (bicyclic) bond motifs is 3. The van der Waals surface area contributed by atoms with E-state index in [9.17, 15) is 90.4 Å². The molecule has 144 heavy (non-hydrogen) atoms. The molecule has 9 aromatic carbocycles. The summed E-state index contributed by atoms with van der Waals surface area (Å²) in [6.07, 6.45) is -22.2. The second kappa shape index (κ2) is 50.3. The molecule has 0 N–H and O–H groups in total. The molecule has 0 spiro atoms. The van der Waals surface area contributed by atoms with Crippen LogP contribution in [0, 0.1) is 30.3 Å². The van der Waals surface area contributed by atoms with Crippen molar-refractivity contribution < 1.29 is 148 Å². The van der Waals surface area contributed by atoms with Crippen molar-refractivity contribution in [3.63, 3.8) is 0 Å². The molecule has 0 aliphatic heterocycles. The first-order chi connectivity index (χ1) is 91.4. The number of benzene rings is 9. The van der Waals surface area contributed by atoms with Gasteiger partial charge in [0.15, 0.2) is 15.5 Å². The molecule has 33 heteroatoms. The molecule has 2 unspecified atom stereocenters. The second-order valence-electron chi connectivity index (χ2n) is 29.9.